The maximum Gasteiger partial charge on any atom is 0.412 e. The van der Waals surface area contributed by atoms with E-state index in [0.29, 0.717) is 16.6 Å². The number of nitrogens with zero attached hydrogens (tertiary/aromatic N) is 3. The van der Waals surface area contributed by atoms with Crippen LogP contribution in [0.5, 0.6) is 0 Å². The number of hydrogen-bond donors (Lipinski definition) is 2. The van der Waals surface area contributed by atoms with E-state index in [1.165, 1.54) is 24.3 Å². The van der Waals surface area contributed by atoms with E-state index in [9.17, 15) is 19.7 Å². The van der Waals surface area contributed by atoms with E-state index in [2.05, 4.69) is 20.5 Å². The first-order valence-corrected chi connectivity index (χ1v) is 8.24. The number of hydrogen-bond acceptors (Lipinski definition) is 7. The molecule has 2 aromatic carbocycles. The third kappa shape index (κ3) is 4.01. The van der Waals surface area contributed by atoms with Gasteiger partial charge in [-0.3, -0.25) is 20.2 Å². The number of aromatic amines is 1. The lowest BCUT2D eigenvalue weighted by Gasteiger charge is -2.09. The first kappa shape index (κ1) is 18.7. The van der Waals surface area contributed by atoms with Gasteiger partial charge in [0, 0.05) is 17.5 Å². The third-order valence-electron chi connectivity index (χ3n) is 3.71. The van der Waals surface area contributed by atoms with Crippen LogP contribution in [-0.4, -0.2) is 22.6 Å². The van der Waals surface area contributed by atoms with Crippen molar-refractivity contribution in [2.24, 2.45) is 10.2 Å². The highest BCUT2D eigenvalue weighted by Crippen LogP contribution is 2.25. The number of nitro benzene ring substituents is 1. The van der Waals surface area contributed by atoms with Crippen LogP contribution in [0.1, 0.15) is 6.92 Å². The lowest BCUT2D eigenvalue weighted by Crippen LogP contribution is -2.17. The molecule has 142 valence electrons. The molecule has 0 unspecified atom stereocenters. The largest absolute Gasteiger partial charge is 0.450 e. The first-order valence-electron chi connectivity index (χ1n) is 8.24. The van der Waals surface area contributed by atoms with E-state index in [4.69, 9.17) is 4.74 Å². The minimum atomic E-state index is -0.750. The Kier molecular flexibility index (Phi) is 5.40. The van der Waals surface area contributed by atoms with Crippen LogP contribution in [0.3, 0.4) is 0 Å². The van der Waals surface area contributed by atoms with Crippen LogP contribution in [-0.2, 0) is 4.74 Å². The van der Waals surface area contributed by atoms with Crippen molar-refractivity contribution < 1.29 is 14.5 Å². The number of anilines is 1. The SMILES string of the molecule is CCOC(=O)Nc1[nH]c2ccccc2c(=O)c1N=Nc1ccc([N+](=O)[O-])cc1. The van der Waals surface area contributed by atoms with Crippen LogP contribution in [0.25, 0.3) is 10.9 Å². The Labute approximate surface area is 158 Å². The van der Waals surface area contributed by atoms with Crippen molar-refractivity contribution in [3.05, 3.63) is 68.9 Å². The molecule has 0 atom stereocenters. The Balaban J connectivity index is 2.04. The summed E-state index contributed by atoms with van der Waals surface area (Å²) < 4.78 is 4.84. The van der Waals surface area contributed by atoms with Crippen LogP contribution in [0.4, 0.5) is 27.7 Å². The van der Waals surface area contributed by atoms with Crippen molar-refractivity contribution in [3.8, 4) is 0 Å². The van der Waals surface area contributed by atoms with E-state index in [1.807, 2.05) is 0 Å². The number of azo groups is 1. The quantitative estimate of drug-likeness (QED) is 0.382. The number of rotatable bonds is 5. The molecule has 0 spiro atoms. The number of nitro groups is 1. The van der Waals surface area contributed by atoms with E-state index < -0.39 is 16.4 Å². The van der Waals surface area contributed by atoms with Gasteiger partial charge in [0.2, 0.25) is 5.43 Å². The number of nitrogens with one attached hydrogen (secondary N) is 2. The number of para-hydroxylation sites is 1. The fraction of sp³-hybridized carbons (Fsp3) is 0.111. The summed E-state index contributed by atoms with van der Waals surface area (Å²) in [5.41, 5.74) is 0.165. The van der Waals surface area contributed by atoms with Crippen molar-refractivity contribution in [1.29, 1.82) is 0 Å². The number of fused-ring (bicyclic) bond motifs is 1. The van der Waals surface area contributed by atoms with Crippen LogP contribution < -0.4 is 10.7 Å². The van der Waals surface area contributed by atoms with Gasteiger partial charge >= 0.3 is 6.09 Å². The molecule has 0 saturated heterocycles. The molecule has 3 aromatic rings. The maximum absolute atomic E-state index is 12.8. The zero-order chi connectivity index (χ0) is 20.1. The summed E-state index contributed by atoms with van der Waals surface area (Å²) in [6.07, 6.45) is -0.750. The number of non-ortho nitro benzene ring substituents is 1. The molecule has 0 radical (unpaired) electrons. The molecule has 10 heteroatoms. The molecule has 1 amide bonds. The summed E-state index contributed by atoms with van der Waals surface area (Å²) in [6.45, 7) is 1.81. The van der Waals surface area contributed by atoms with Crippen LogP contribution >= 0.6 is 0 Å². The second-order valence-corrected chi connectivity index (χ2v) is 5.54. The third-order valence-corrected chi connectivity index (χ3v) is 3.71. The van der Waals surface area contributed by atoms with Crippen LogP contribution in [0, 0.1) is 10.1 Å². The van der Waals surface area contributed by atoms with Crippen LogP contribution in [0.15, 0.2) is 63.6 Å². The standard InChI is InChI=1S/C18H15N5O5/c1-2-28-18(25)20-17-15(16(24)13-5-3-4-6-14(13)19-17)22-21-11-7-9-12(10-8-11)23(26)27/h3-10H,2H2,1H3,(H2,19,20,24,25). The second-order valence-electron chi connectivity index (χ2n) is 5.54. The monoisotopic (exact) mass is 381 g/mol. The molecule has 0 aliphatic heterocycles. The van der Waals surface area contributed by atoms with Gasteiger partial charge in [0.05, 0.1) is 22.7 Å². The van der Waals surface area contributed by atoms with Gasteiger partial charge in [-0.1, -0.05) is 12.1 Å². The fourth-order valence-corrected chi connectivity index (χ4v) is 2.43. The summed E-state index contributed by atoms with van der Waals surface area (Å²) in [5, 5.41) is 21.4. The van der Waals surface area contributed by atoms with Gasteiger partial charge in [0.1, 0.15) is 5.82 Å². The van der Waals surface area contributed by atoms with Gasteiger partial charge in [-0.25, -0.2) is 4.79 Å². The fourth-order valence-electron chi connectivity index (χ4n) is 2.43. The normalized spacial score (nSPS) is 10.9. The predicted octanol–water partition coefficient (Wildman–Crippen LogP) is 4.42. The van der Waals surface area contributed by atoms with Crippen molar-refractivity contribution in [2.45, 2.75) is 6.92 Å². The Hall–Kier alpha value is -4.08. The molecule has 0 bridgehead atoms. The van der Waals surface area contributed by atoms with Gasteiger partial charge in [0.15, 0.2) is 5.69 Å². The lowest BCUT2D eigenvalue weighted by atomic mass is 10.2. The van der Waals surface area contributed by atoms with Gasteiger partial charge < -0.3 is 9.72 Å². The average molecular weight is 381 g/mol. The van der Waals surface area contributed by atoms with E-state index in [0.717, 1.165) is 0 Å². The molecular weight excluding hydrogens is 366 g/mol. The molecule has 10 nitrogen and oxygen atoms in total. The Morgan fingerprint density at radius 1 is 1.18 bits per heavy atom. The number of amides is 1. The minimum absolute atomic E-state index is 0.0350. The molecule has 3 rings (SSSR count). The minimum Gasteiger partial charge on any atom is -0.450 e. The van der Waals surface area contributed by atoms with Gasteiger partial charge in [-0.15, -0.1) is 5.11 Å². The highest BCUT2D eigenvalue weighted by atomic mass is 16.6. The molecule has 0 fully saturated rings. The summed E-state index contributed by atoms with van der Waals surface area (Å²) in [5.74, 6) is 0.0350. The van der Waals surface area contributed by atoms with Crippen LogP contribution in [0.2, 0.25) is 0 Å². The molecule has 2 N–H and O–H groups in total. The number of aromatic nitrogens is 1. The van der Waals surface area contributed by atoms with E-state index >= 15 is 0 Å². The number of carbonyl (C=O) groups excluding carboxylic acids is 1. The number of carbonyl (C=O) groups is 1. The Morgan fingerprint density at radius 3 is 2.57 bits per heavy atom. The molecular formula is C18H15N5O5. The van der Waals surface area contributed by atoms with Gasteiger partial charge in [-0.05, 0) is 31.2 Å². The Morgan fingerprint density at radius 2 is 1.89 bits per heavy atom. The molecule has 0 aliphatic carbocycles. The zero-order valence-electron chi connectivity index (χ0n) is 14.7. The second kappa shape index (κ2) is 8.08. The van der Waals surface area contributed by atoms with Gasteiger partial charge in [0.25, 0.3) is 5.69 Å². The van der Waals surface area contributed by atoms with Gasteiger partial charge in [-0.2, -0.15) is 5.11 Å². The first-order chi connectivity index (χ1) is 13.5. The summed E-state index contributed by atoms with van der Waals surface area (Å²) >= 11 is 0. The number of H-pyrrole nitrogens is 1. The Bertz CT molecular complexity index is 1120. The smallest absolute Gasteiger partial charge is 0.412 e. The molecule has 1 aromatic heterocycles. The highest BCUT2D eigenvalue weighted by molar-refractivity contribution is 5.92. The molecule has 0 saturated carbocycles. The maximum atomic E-state index is 12.8. The van der Waals surface area contributed by atoms with Crippen molar-refractivity contribution in [2.75, 3.05) is 11.9 Å². The highest BCUT2D eigenvalue weighted by Gasteiger charge is 2.15. The summed E-state index contributed by atoms with van der Waals surface area (Å²) in [7, 11) is 0. The van der Waals surface area contributed by atoms with Crippen molar-refractivity contribution in [1.82, 2.24) is 4.98 Å². The summed E-state index contributed by atoms with van der Waals surface area (Å²) in [6, 6.07) is 12.1. The number of benzene rings is 2. The molecule has 1 heterocycles. The molecule has 0 aliphatic rings. The topological polar surface area (TPSA) is 139 Å². The van der Waals surface area contributed by atoms with E-state index in [1.54, 1.807) is 31.2 Å². The number of pyridine rings is 1. The van der Waals surface area contributed by atoms with Crippen molar-refractivity contribution >= 4 is 39.9 Å². The van der Waals surface area contributed by atoms with Crippen molar-refractivity contribution in [3.63, 3.8) is 0 Å². The lowest BCUT2D eigenvalue weighted by molar-refractivity contribution is -0.384. The zero-order valence-corrected chi connectivity index (χ0v) is 14.7. The summed E-state index contributed by atoms with van der Waals surface area (Å²) in [4.78, 5) is 37.7. The molecule has 28 heavy (non-hydrogen) atoms. The predicted molar refractivity (Wildman–Crippen MR) is 102 cm³/mol. The van der Waals surface area contributed by atoms with E-state index in [-0.39, 0.29) is 23.8 Å². The number of ether oxygens (including phenoxy) is 1. The average Bonchev–Trinajstić information content (AvgIpc) is 2.68.